The lowest BCUT2D eigenvalue weighted by Crippen LogP contribution is -2.04. The van der Waals surface area contributed by atoms with Gasteiger partial charge in [0.25, 0.3) is 0 Å². The molecule has 6 heteroatoms. The Bertz CT molecular complexity index is 1240. The van der Waals surface area contributed by atoms with E-state index in [4.69, 9.17) is 0 Å². The van der Waals surface area contributed by atoms with Crippen LogP contribution in [0.2, 0.25) is 0 Å². The van der Waals surface area contributed by atoms with Crippen LogP contribution in [0.5, 0.6) is 0 Å². The first-order valence-corrected chi connectivity index (χ1v) is 10.5. The summed E-state index contributed by atoms with van der Waals surface area (Å²) >= 11 is 1.13. The van der Waals surface area contributed by atoms with E-state index in [2.05, 4.69) is 46.6 Å². The molecule has 5 nitrogen and oxygen atoms in total. The van der Waals surface area contributed by atoms with E-state index < -0.39 is 5.97 Å². The lowest BCUT2D eigenvalue weighted by molar-refractivity contribution is -0.131. The molecule has 2 heterocycles. The minimum atomic E-state index is -0.975. The molecule has 152 valence electrons. The summed E-state index contributed by atoms with van der Waals surface area (Å²) in [5, 5.41) is 10.4. The van der Waals surface area contributed by atoms with Crippen LogP contribution in [-0.4, -0.2) is 25.6 Å². The lowest BCUT2D eigenvalue weighted by atomic mass is 10.1. The standard InChI is InChI=1S/C24H23N3O2S/c1-14-8-7-9-15(2)22(14)27-16(3)12-18(17(27)4)13-21(23(28)29)30-24-25-19-10-5-6-11-20(19)26-24/h5-13H,1-4H3,(H,25,26)(H,28,29)/b21-13-. The number of carboxylic acids is 1. The molecule has 0 aliphatic carbocycles. The summed E-state index contributed by atoms with van der Waals surface area (Å²) in [6.45, 7) is 8.26. The van der Waals surface area contributed by atoms with Crippen molar-refractivity contribution < 1.29 is 9.90 Å². The van der Waals surface area contributed by atoms with Crippen LogP contribution in [-0.2, 0) is 4.79 Å². The van der Waals surface area contributed by atoms with Crippen molar-refractivity contribution in [3.05, 3.63) is 81.5 Å². The molecule has 0 radical (unpaired) electrons. The topological polar surface area (TPSA) is 70.9 Å². The molecule has 0 bridgehead atoms. The van der Waals surface area contributed by atoms with Crippen molar-refractivity contribution in [3.63, 3.8) is 0 Å². The minimum Gasteiger partial charge on any atom is -0.477 e. The van der Waals surface area contributed by atoms with Gasteiger partial charge in [0.1, 0.15) is 4.91 Å². The third-order valence-corrected chi connectivity index (χ3v) is 6.10. The predicted octanol–water partition coefficient (Wildman–Crippen LogP) is 5.81. The minimum absolute atomic E-state index is 0.218. The molecule has 0 saturated carbocycles. The van der Waals surface area contributed by atoms with Gasteiger partial charge in [0.05, 0.1) is 16.7 Å². The molecule has 0 aliphatic heterocycles. The highest BCUT2D eigenvalue weighted by Crippen LogP contribution is 2.31. The quantitative estimate of drug-likeness (QED) is 0.318. The maximum atomic E-state index is 12.0. The van der Waals surface area contributed by atoms with E-state index in [0.717, 1.165) is 45.4 Å². The van der Waals surface area contributed by atoms with Crippen molar-refractivity contribution in [2.45, 2.75) is 32.9 Å². The van der Waals surface area contributed by atoms with Crippen molar-refractivity contribution in [2.24, 2.45) is 0 Å². The van der Waals surface area contributed by atoms with Gasteiger partial charge < -0.3 is 14.7 Å². The number of aromatic amines is 1. The second kappa shape index (κ2) is 7.88. The van der Waals surface area contributed by atoms with Crippen LogP contribution >= 0.6 is 11.8 Å². The average Bonchev–Trinajstić information content (AvgIpc) is 3.22. The van der Waals surface area contributed by atoms with Gasteiger partial charge in [0.15, 0.2) is 5.16 Å². The number of hydrogen-bond acceptors (Lipinski definition) is 3. The SMILES string of the molecule is Cc1cccc(C)c1-n1c(C)cc(/C=C(\Sc2nc3ccccc3[nH]2)C(=O)O)c1C. The Balaban J connectivity index is 1.76. The molecule has 30 heavy (non-hydrogen) atoms. The highest BCUT2D eigenvalue weighted by atomic mass is 32.2. The second-order valence-electron chi connectivity index (χ2n) is 7.38. The molecule has 2 N–H and O–H groups in total. The van der Waals surface area contributed by atoms with Gasteiger partial charge in [-0.2, -0.15) is 0 Å². The molecule has 4 aromatic rings. The van der Waals surface area contributed by atoms with Crippen molar-refractivity contribution in [1.82, 2.24) is 14.5 Å². The van der Waals surface area contributed by atoms with Crippen LogP contribution in [0.15, 0.2) is 58.6 Å². The number of fused-ring (bicyclic) bond motifs is 1. The first-order chi connectivity index (χ1) is 14.3. The zero-order valence-electron chi connectivity index (χ0n) is 17.4. The zero-order chi connectivity index (χ0) is 21.4. The van der Waals surface area contributed by atoms with Crippen LogP contribution < -0.4 is 0 Å². The number of carboxylic acid groups (broad SMARTS) is 1. The molecule has 0 spiro atoms. The van der Waals surface area contributed by atoms with Gasteiger partial charge in [-0.15, -0.1) is 0 Å². The molecular formula is C24H23N3O2S. The largest absolute Gasteiger partial charge is 0.477 e. The number of aryl methyl sites for hydroxylation is 3. The van der Waals surface area contributed by atoms with Crippen LogP contribution in [0.25, 0.3) is 22.8 Å². The fraction of sp³-hybridized carbons (Fsp3) is 0.167. The van der Waals surface area contributed by atoms with E-state index >= 15 is 0 Å². The Morgan fingerprint density at radius 3 is 2.43 bits per heavy atom. The van der Waals surface area contributed by atoms with Gasteiger partial charge >= 0.3 is 5.97 Å². The van der Waals surface area contributed by atoms with Crippen molar-refractivity contribution in [1.29, 1.82) is 0 Å². The summed E-state index contributed by atoms with van der Waals surface area (Å²) in [6.07, 6.45) is 1.73. The van der Waals surface area contributed by atoms with Crippen molar-refractivity contribution in [2.75, 3.05) is 0 Å². The van der Waals surface area contributed by atoms with Crippen LogP contribution in [0.4, 0.5) is 0 Å². The monoisotopic (exact) mass is 417 g/mol. The molecule has 2 aromatic heterocycles. The van der Waals surface area contributed by atoms with E-state index in [1.54, 1.807) is 6.08 Å². The molecule has 0 unspecified atom stereocenters. The number of H-pyrrole nitrogens is 1. The molecule has 0 fully saturated rings. The first-order valence-electron chi connectivity index (χ1n) is 9.68. The number of hydrogen-bond donors (Lipinski definition) is 2. The Morgan fingerprint density at radius 1 is 1.07 bits per heavy atom. The first kappa shape index (κ1) is 20.0. The number of thioether (sulfide) groups is 1. The van der Waals surface area contributed by atoms with E-state index in [0.29, 0.717) is 5.16 Å². The number of aromatic nitrogens is 3. The van der Waals surface area contributed by atoms with Crippen LogP contribution in [0.3, 0.4) is 0 Å². The Kier molecular flexibility index (Phi) is 5.26. The smallest absolute Gasteiger partial charge is 0.342 e. The van der Waals surface area contributed by atoms with Gasteiger partial charge in [0, 0.05) is 11.4 Å². The molecule has 0 aliphatic rings. The van der Waals surface area contributed by atoms with Crippen molar-refractivity contribution in [3.8, 4) is 5.69 Å². The van der Waals surface area contributed by atoms with Gasteiger partial charge in [-0.25, -0.2) is 9.78 Å². The normalized spacial score (nSPS) is 11.9. The average molecular weight is 418 g/mol. The van der Waals surface area contributed by atoms with E-state index in [9.17, 15) is 9.90 Å². The van der Waals surface area contributed by atoms with E-state index in [1.165, 1.54) is 11.1 Å². The van der Waals surface area contributed by atoms with Gasteiger partial charge in [-0.3, -0.25) is 0 Å². The maximum Gasteiger partial charge on any atom is 0.342 e. The fourth-order valence-corrected chi connectivity index (χ4v) is 4.58. The zero-order valence-corrected chi connectivity index (χ0v) is 18.2. The lowest BCUT2D eigenvalue weighted by Gasteiger charge is -2.15. The molecule has 4 rings (SSSR count). The highest BCUT2D eigenvalue weighted by Gasteiger charge is 2.17. The van der Waals surface area contributed by atoms with Gasteiger partial charge in [0.2, 0.25) is 0 Å². The Labute approximate surface area is 179 Å². The Hall–Kier alpha value is -3.25. The van der Waals surface area contributed by atoms with Gasteiger partial charge in [-0.05, 0) is 80.4 Å². The molecule has 0 saturated heterocycles. The third-order valence-electron chi connectivity index (χ3n) is 5.21. The Morgan fingerprint density at radius 2 is 1.77 bits per heavy atom. The number of aliphatic carboxylic acids is 1. The number of carbonyl (C=O) groups is 1. The summed E-state index contributed by atoms with van der Waals surface area (Å²) in [5.41, 5.74) is 8.18. The number of imidazole rings is 1. The highest BCUT2D eigenvalue weighted by molar-refractivity contribution is 8.04. The van der Waals surface area contributed by atoms with E-state index in [1.807, 2.05) is 44.2 Å². The summed E-state index contributed by atoms with van der Waals surface area (Å²) in [5.74, 6) is -0.975. The molecule has 0 amide bonds. The van der Waals surface area contributed by atoms with Crippen LogP contribution in [0, 0.1) is 27.7 Å². The summed E-state index contributed by atoms with van der Waals surface area (Å²) in [4.78, 5) is 19.9. The van der Waals surface area contributed by atoms with Crippen molar-refractivity contribution >= 4 is 34.8 Å². The molecule has 2 aromatic carbocycles. The summed E-state index contributed by atoms with van der Waals surface area (Å²) in [6, 6.07) is 15.9. The van der Waals surface area contributed by atoms with Gasteiger partial charge in [-0.1, -0.05) is 30.3 Å². The molecular weight excluding hydrogens is 394 g/mol. The number of benzene rings is 2. The fourth-order valence-electron chi connectivity index (χ4n) is 3.79. The summed E-state index contributed by atoms with van der Waals surface area (Å²) in [7, 11) is 0. The maximum absolute atomic E-state index is 12.0. The summed E-state index contributed by atoms with van der Waals surface area (Å²) < 4.78 is 2.20. The number of nitrogens with one attached hydrogen (secondary N) is 1. The second-order valence-corrected chi connectivity index (χ2v) is 8.41. The third kappa shape index (κ3) is 3.66. The number of rotatable bonds is 5. The predicted molar refractivity (Wildman–Crippen MR) is 122 cm³/mol. The van der Waals surface area contributed by atoms with E-state index in [-0.39, 0.29) is 4.91 Å². The number of nitrogens with zero attached hydrogens (tertiary/aromatic N) is 2. The van der Waals surface area contributed by atoms with Crippen LogP contribution in [0.1, 0.15) is 28.1 Å². The number of para-hydroxylation sites is 3. The molecule has 0 atom stereocenters.